The van der Waals surface area contributed by atoms with Gasteiger partial charge in [-0.1, -0.05) is 12.1 Å². The maximum atomic E-state index is 11.5. The van der Waals surface area contributed by atoms with Crippen molar-refractivity contribution in [3.63, 3.8) is 0 Å². The number of nitrogen functional groups attached to an aromatic ring is 1. The minimum Gasteiger partial charge on any atom is -0.397 e. The summed E-state index contributed by atoms with van der Waals surface area (Å²) < 4.78 is 0. The minimum absolute atomic E-state index is 0.272. The summed E-state index contributed by atoms with van der Waals surface area (Å²) in [6.07, 6.45) is 1.48. The Hall–Kier alpha value is -3.07. The first-order chi connectivity index (χ1) is 10.0. The van der Waals surface area contributed by atoms with Crippen LogP contribution in [0.15, 0.2) is 36.5 Å². The van der Waals surface area contributed by atoms with Gasteiger partial charge in [0.15, 0.2) is 0 Å². The normalized spacial score (nSPS) is 9.90. The number of anilines is 2. The molecule has 2 aromatic rings. The van der Waals surface area contributed by atoms with Crippen LogP contribution in [0.2, 0.25) is 0 Å². The van der Waals surface area contributed by atoms with Crippen molar-refractivity contribution < 1.29 is 4.79 Å². The van der Waals surface area contributed by atoms with Gasteiger partial charge in [-0.3, -0.25) is 4.79 Å². The van der Waals surface area contributed by atoms with Crippen LogP contribution in [0.5, 0.6) is 0 Å². The molecule has 0 radical (unpaired) electrons. The van der Waals surface area contributed by atoms with Crippen LogP contribution in [0.1, 0.15) is 21.5 Å². The Morgan fingerprint density at radius 3 is 2.86 bits per heavy atom. The summed E-state index contributed by atoms with van der Waals surface area (Å²) in [6.45, 7) is 0.493. The van der Waals surface area contributed by atoms with Crippen LogP contribution in [0, 0.1) is 11.3 Å². The third kappa shape index (κ3) is 3.28. The zero-order chi connectivity index (χ0) is 15.4. The van der Waals surface area contributed by atoms with Gasteiger partial charge in [-0.2, -0.15) is 5.26 Å². The number of benzene rings is 1. The van der Waals surface area contributed by atoms with E-state index in [4.69, 9.17) is 16.7 Å². The quantitative estimate of drug-likeness (QED) is 0.877. The van der Waals surface area contributed by atoms with E-state index in [1.54, 1.807) is 24.1 Å². The molecule has 1 amide bonds. The highest BCUT2D eigenvalue weighted by molar-refractivity contribution is 5.98. The highest BCUT2D eigenvalue weighted by atomic mass is 16.1. The number of carbonyl (C=O) groups is 1. The first-order valence-electron chi connectivity index (χ1n) is 6.26. The molecule has 1 aromatic heterocycles. The van der Waals surface area contributed by atoms with E-state index in [1.165, 1.54) is 12.3 Å². The van der Waals surface area contributed by atoms with Crippen molar-refractivity contribution >= 4 is 17.4 Å². The van der Waals surface area contributed by atoms with E-state index in [1.807, 2.05) is 12.1 Å². The molecule has 21 heavy (non-hydrogen) atoms. The van der Waals surface area contributed by atoms with Gasteiger partial charge in [-0.25, -0.2) is 4.98 Å². The predicted octanol–water partition coefficient (Wildman–Crippen LogP) is 1.27. The van der Waals surface area contributed by atoms with Gasteiger partial charge in [-0.05, 0) is 23.8 Å². The molecular formula is C15H15N5O. The molecule has 1 heterocycles. The largest absolute Gasteiger partial charge is 0.397 e. The summed E-state index contributed by atoms with van der Waals surface area (Å²) in [5.74, 6) is -0.124. The summed E-state index contributed by atoms with van der Waals surface area (Å²) in [4.78, 5) is 17.4. The number of amides is 1. The van der Waals surface area contributed by atoms with Crippen molar-refractivity contribution in [2.24, 2.45) is 5.73 Å². The van der Waals surface area contributed by atoms with Gasteiger partial charge < -0.3 is 16.4 Å². The second kappa shape index (κ2) is 5.92. The lowest BCUT2D eigenvalue weighted by atomic mass is 10.1. The van der Waals surface area contributed by atoms with Crippen molar-refractivity contribution in [2.75, 3.05) is 17.7 Å². The molecule has 106 valence electrons. The SMILES string of the molecule is CN(Cc1cccc(C#N)c1)c1ncc(N)cc1C(N)=O. The molecule has 0 atom stereocenters. The second-order valence-electron chi connectivity index (χ2n) is 4.67. The number of aromatic nitrogens is 1. The van der Waals surface area contributed by atoms with Crippen LogP contribution in [0.3, 0.4) is 0 Å². The Labute approximate surface area is 122 Å². The zero-order valence-corrected chi connectivity index (χ0v) is 11.6. The van der Waals surface area contributed by atoms with Gasteiger partial charge in [0.05, 0.1) is 29.1 Å². The topological polar surface area (TPSA) is 109 Å². The maximum Gasteiger partial charge on any atom is 0.252 e. The number of primary amides is 1. The zero-order valence-electron chi connectivity index (χ0n) is 11.6. The molecule has 0 fully saturated rings. The molecule has 2 rings (SSSR count). The molecule has 6 nitrogen and oxygen atoms in total. The van der Waals surface area contributed by atoms with Crippen molar-refractivity contribution in [1.29, 1.82) is 5.26 Å². The fourth-order valence-corrected chi connectivity index (χ4v) is 2.05. The highest BCUT2D eigenvalue weighted by Crippen LogP contribution is 2.20. The summed E-state index contributed by atoms with van der Waals surface area (Å²) in [6, 6.07) is 10.8. The first-order valence-corrected chi connectivity index (χ1v) is 6.26. The summed E-state index contributed by atoms with van der Waals surface area (Å²) in [7, 11) is 1.80. The predicted molar refractivity (Wildman–Crippen MR) is 80.4 cm³/mol. The van der Waals surface area contributed by atoms with Crippen LogP contribution < -0.4 is 16.4 Å². The van der Waals surface area contributed by atoms with Gasteiger partial charge >= 0.3 is 0 Å². The van der Waals surface area contributed by atoms with Crippen LogP contribution in [-0.2, 0) is 6.54 Å². The molecular weight excluding hydrogens is 266 g/mol. The van der Waals surface area contributed by atoms with Gasteiger partial charge in [0.2, 0.25) is 0 Å². The third-order valence-electron chi connectivity index (χ3n) is 2.99. The van der Waals surface area contributed by atoms with E-state index < -0.39 is 5.91 Å². The number of nitriles is 1. The second-order valence-corrected chi connectivity index (χ2v) is 4.67. The molecule has 6 heteroatoms. The number of hydrogen-bond donors (Lipinski definition) is 2. The maximum absolute atomic E-state index is 11.5. The molecule has 1 aromatic carbocycles. The Kier molecular flexibility index (Phi) is 4.05. The number of nitrogens with zero attached hydrogens (tertiary/aromatic N) is 3. The molecule has 0 saturated carbocycles. The molecule has 0 aliphatic heterocycles. The number of rotatable bonds is 4. The molecule has 0 saturated heterocycles. The van der Waals surface area contributed by atoms with Gasteiger partial charge in [0.25, 0.3) is 5.91 Å². The van der Waals surface area contributed by atoms with E-state index >= 15 is 0 Å². The standard InChI is InChI=1S/C15H15N5O/c1-20(9-11-4-2-3-10(5-11)7-16)15-13(14(18)21)6-12(17)8-19-15/h2-6,8H,9,17H2,1H3,(H2,18,21). The summed E-state index contributed by atoms with van der Waals surface area (Å²) in [5, 5.41) is 8.91. The van der Waals surface area contributed by atoms with Crippen molar-refractivity contribution in [3.8, 4) is 6.07 Å². The van der Waals surface area contributed by atoms with Crippen LogP contribution in [0.4, 0.5) is 11.5 Å². The number of pyridine rings is 1. The lowest BCUT2D eigenvalue weighted by Gasteiger charge is -2.20. The summed E-state index contributed by atoms with van der Waals surface area (Å²) in [5.41, 5.74) is 13.2. The van der Waals surface area contributed by atoms with Crippen LogP contribution >= 0.6 is 0 Å². The van der Waals surface area contributed by atoms with Gasteiger partial charge in [0, 0.05) is 13.6 Å². The number of carbonyl (C=O) groups excluding carboxylic acids is 1. The lowest BCUT2D eigenvalue weighted by Crippen LogP contribution is -2.23. The molecule has 0 bridgehead atoms. The van der Waals surface area contributed by atoms with Crippen molar-refractivity contribution in [2.45, 2.75) is 6.54 Å². The minimum atomic E-state index is -0.581. The Bertz CT molecular complexity index is 720. The lowest BCUT2D eigenvalue weighted by molar-refractivity contribution is 0.100. The Balaban J connectivity index is 2.30. The average Bonchev–Trinajstić information content (AvgIpc) is 2.47. The van der Waals surface area contributed by atoms with E-state index in [9.17, 15) is 4.79 Å². The van der Waals surface area contributed by atoms with E-state index in [-0.39, 0.29) is 5.56 Å². The first kappa shape index (κ1) is 14.3. The van der Waals surface area contributed by atoms with E-state index in [2.05, 4.69) is 11.1 Å². The van der Waals surface area contributed by atoms with Crippen LogP contribution in [-0.4, -0.2) is 17.9 Å². The van der Waals surface area contributed by atoms with Crippen molar-refractivity contribution in [3.05, 3.63) is 53.2 Å². The molecule has 0 aliphatic rings. The third-order valence-corrected chi connectivity index (χ3v) is 2.99. The fourth-order valence-electron chi connectivity index (χ4n) is 2.05. The molecule has 0 unspecified atom stereocenters. The van der Waals surface area contributed by atoms with Crippen LogP contribution in [0.25, 0.3) is 0 Å². The van der Waals surface area contributed by atoms with E-state index in [0.29, 0.717) is 23.6 Å². The van der Waals surface area contributed by atoms with Gasteiger partial charge in [0.1, 0.15) is 5.82 Å². The monoisotopic (exact) mass is 281 g/mol. The molecule has 0 aliphatic carbocycles. The molecule has 0 spiro atoms. The highest BCUT2D eigenvalue weighted by Gasteiger charge is 2.14. The van der Waals surface area contributed by atoms with Gasteiger partial charge in [-0.15, -0.1) is 0 Å². The van der Waals surface area contributed by atoms with E-state index in [0.717, 1.165) is 5.56 Å². The number of hydrogen-bond acceptors (Lipinski definition) is 5. The average molecular weight is 281 g/mol. The molecule has 4 N–H and O–H groups in total. The number of nitrogens with two attached hydrogens (primary N) is 2. The fraction of sp³-hybridized carbons (Fsp3) is 0.133. The smallest absolute Gasteiger partial charge is 0.252 e. The Morgan fingerprint density at radius 1 is 1.43 bits per heavy atom. The summed E-state index contributed by atoms with van der Waals surface area (Å²) >= 11 is 0. The van der Waals surface area contributed by atoms with Crippen molar-refractivity contribution in [1.82, 2.24) is 4.98 Å². The Morgan fingerprint density at radius 2 is 2.19 bits per heavy atom.